The van der Waals surface area contributed by atoms with Gasteiger partial charge in [-0.2, -0.15) is 13.2 Å². The van der Waals surface area contributed by atoms with Crippen molar-refractivity contribution in [3.05, 3.63) is 71.8 Å². The van der Waals surface area contributed by atoms with Crippen LogP contribution >= 0.6 is 11.8 Å². The van der Waals surface area contributed by atoms with Gasteiger partial charge in [0.2, 0.25) is 0 Å². The first-order chi connectivity index (χ1) is 12.5. The molecule has 2 rings (SSSR count). The number of rotatable bonds is 7. The van der Waals surface area contributed by atoms with Crippen LogP contribution in [0.15, 0.2) is 60.0 Å². The minimum absolute atomic E-state index is 0.437. The minimum Gasteiger partial charge on any atom is -0.380 e. The summed E-state index contributed by atoms with van der Waals surface area (Å²) in [5.41, 5.74) is -1.14. The van der Waals surface area contributed by atoms with Crippen LogP contribution in [0.25, 0.3) is 6.08 Å². The van der Waals surface area contributed by atoms with Crippen LogP contribution in [0, 0.1) is 6.92 Å². The van der Waals surface area contributed by atoms with Gasteiger partial charge in [0.15, 0.2) is 5.60 Å². The summed E-state index contributed by atoms with van der Waals surface area (Å²) in [6, 6.07) is 14.5. The number of benzene rings is 2. The maximum Gasteiger partial charge on any atom is 0.418 e. The van der Waals surface area contributed by atoms with E-state index in [2.05, 4.69) is 6.58 Å². The highest BCUT2D eigenvalue weighted by Gasteiger charge is 2.55. The van der Waals surface area contributed by atoms with Crippen LogP contribution in [0.1, 0.15) is 37.0 Å². The van der Waals surface area contributed by atoms with Gasteiger partial charge in [0, 0.05) is 10.6 Å². The number of hydrogen-bond acceptors (Lipinski definition) is 2. The highest BCUT2D eigenvalue weighted by Crippen LogP contribution is 2.44. The molecule has 0 bridgehead atoms. The molecule has 0 unspecified atom stereocenters. The molecule has 2 aromatic carbocycles. The average molecular weight is 395 g/mol. The predicted molar refractivity (Wildman–Crippen MR) is 107 cm³/mol. The SMILES string of the molecule is C=Cc1ccccc1C(C)(C)C[C@@](O)(CSc1ccc(C)cc1)C(F)(F)F. The Labute approximate surface area is 163 Å². The van der Waals surface area contributed by atoms with Crippen molar-refractivity contribution in [3.63, 3.8) is 0 Å². The molecule has 0 fully saturated rings. The number of halogens is 3. The first kappa shape index (κ1) is 21.6. The van der Waals surface area contributed by atoms with Gasteiger partial charge in [-0.05, 0) is 42.0 Å². The van der Waals surface area contributed by atoms with E-state index in [0.717, 1.165) is 28.5 Å². The lowest BCUT2D eigenvalue weighted by molar-refractivity contribution is -0.256. The Hall–Kier alpha value is -1.72. The zero-order valence-corrected chi connectivity index (χ0v) is 16.6. The van der Waals surface area contributed by atoms with Gasteiger partial charge >= 0.3 is 6.18 Å². The highest BCUT2D eigenvalue weighted by molar-refractivity contribution is 7.99. The molecular formula is C22H25F3OS. The lowest BCUT2D eigenvalue weighted by Crippen LogP contribution is -2.51. The smallest absolute Gasteiger partial charge is 0.380 e. The van der Waals surface area contributed by atoms with E-state index in [-0.39, 0.29) is 0 Å². The molecule has 0 amide bonds. The van der Waals surface area contributed by atoms with Gasteiger partial charge < -0.3 is 5.11 Å². The molecule has 0 aliphatic heterocycles. The van der Waals surface area contributed by atoms with Crippen LogP contribution in [-0.4, -0.2) is 22.6 Å². The molecule has 1 N–H and O–H groups in total. The van der Waals surface area contributed by atoms with E-state index in [0.29, 0.717) is 4.90 Å². The van der Waals surface area contributed by atoms with E-state index in [1.807, 2.05) is 31.2 Å². The Kier molecular flexibility index (Phi) is 6.48. The van der Waals surface area contributed by atoms with Gasteiger partial charge in [-0.25, -0.2) is 0 Å². The third kappa shape index (κ3) is 5.17. The fourth-order valence-electron chi connectivity index (χ4n) is 3.19. The van der Waals surface area contributed by atoms with E-state index in [4.69, 9.17) is 0 Å². The molecule has 0 aliphatic rings. The predicted octanol–water partition coefficient (Wildman–Crippen LogP) is 6.39. The standard InChI is InChI=1S/C22H25F3OS/c1-5-17-8-6-7-9-19(17)20(3,4)14-21(26,22(23,24)25)15-27-18-12-10-16(2)11-13-18/h5-13,26H,1,14-15H2,2-4H3/t21-/m1/s1. The molecule has 0 aromatic heterocycles. The quantitative estimate of drug-likeness (QED) is 0.549. The van der Waals surface area contributed by atoms with Crippen LogP contribution in [0.2, 0.25) is 0 Å². The fourth-order valence-corrected chi connectivity index (χ4v) is 4.19. The zero-order valence-electron chi connectivity index (χ0n) is 15.8. The normalized spacial score (nSPS) is 14.6. The Bertz CT molecular complexity index is 781. The van der Waals surface area contributed by atoms with E-state index < -0.39 is 29.4 Å². The van der Waals surface area contributed by atoms with Crippen LogP contribution in [0.3, 0.4) is 0 Å². The number of aryl methyl sites for hydroxylation is 1. The second kappa shape index (κ2) is 8.11. The van der Waals surface area contributed by atoms with Crippen molar-refractivity contribution in [2.24, 2.45) is 0 Å². The van der Waals surface area contributed by atoms with Gasteiger partial charge in [-0.1, -0.05) is 68.5 Å². The van der Waals surface area contributed by atoms with E-state index >= 15 is 0 Å². The summed E-state index contributed by atoms with van der Waals surface area (Å²) in [6.45, 7) is 9.11. The van der Waals surface area contributed by atoms with Crippen LogP contribution < -0.4 is 0 Å². The molecule has 5 heteroatoms. The maximum atomic E-state index is 13.8. The van der Waals surface area contributed by atoms with Crippen molar-refractivity contribution in [3.8, 4) is 0 Å². The second-order valence-electron chi connectivity index (χ2n) is 7.48. The number of alkyl halides is 3. The molecule has 1 nitrogen and oxygen atoms in total. The topological polar surface area (TPSA) is 20.2 Å². The molecule has 0 spiro atoms. The van der Waals surface area contributed by atoms with Crippen LogP contribution in [0.4, 0.5) is 13.2 Å². The van der Waals surface area contributed by atoms with Gasteiger partial charge in [0.1, 0.15) is 0 Å². The summed E-state index contributed by atoms with van der Waals surface area (Å²) in [6.07, 6.45) is -3.54. The van der Waals surface area contributed by atoms with Gasteiger partial charge in [-0.15, -0.1) is 11.8 Å². The van der Waals surface area contributed by atoms with E-state index in [9.17, 15) is 18.3 Å². The summed E-state index contributed by atoms with van der Waals surface area (Å²) >= 11 is 1.02. The van der Waals surface area contributed by atoms with Crippen LogP contribution in [-0.2, 0) is 5.41 Å². The summed E-state index contributed by atoms with van der Waals surface area (Å²) in [5, 5.41) is 10.7. The molecule has 0 saturated carbocycles. The summed E-state index contributed by atoms with van der Waals surface area (Å²) in [5.74, 6) is -0.459. The number of thioether (sulfide) groups is 1. The van der Waals surface area contributed by atoms with Crippen molar-refractivity contribution in [1.29, 1.82) is 0 Å². The van der Waals surface area contributed by atoms with E-state index in [1.54, 1.807) is 44.2 Å². The fraction of sp³-hybridized carbons (Fsp3) is 0.364. The van der Waals surface area contributed by atoms with Gasteiger partial charge in [0.05, 0.1) is 0 Å². The molecule has 2 aromatic rings. The zero-order chi connectivity index (χ0) is 20.3. The largest absolute Gasteiger partial charge is 0.418 e. The van der Waals surface area contributed by atoms with Crippen molar-refractivity contribution in [1.82, 2.24) is 0 Å². The molecular weight excluding hydrogens is 369 g/mol. The maximum absolute atomic E-state index is 13.8. The highest BCUT2D eigenvalue weighted by atomic mass is 32.2. The lowest BCUT2D eigenvalue weighted by atomic mass is 9.74. The van der Waals surface area contributed by atoms with Crippen molar-refractivity contribution >= 4 is 17.8 Å². The molecule has 27 heavy (non-hydrogen) atoms. The molecule has 0 aliphatic carbocycles. The van der Waals surface area contributed by atoms with Crippen molar-refractivity contribution in [2.45, 2.75) is 49.3 Å². The summed E-state index contributed by atoms with van der Waals surface area (Å²) < 4.78 is 41.4. The van der Waals surface area contributed by atoms with Gasteiger partial charge in [0.25, 0.3) is 0 Å². The third-order valence-corrected chi connectivity index (χ3v) is 5.90. The third-order valence-electron chi connectivity index (χ3n) is 4.67. The monoisotopic (exact) mass is 394 g/mol. The van der Waals surface area contributed by atoms with E-state index in [1.165, 1.54) is 0 Å². The minimum atomic E-state index is -4.73. The number of hydrogen-bond donors (Lipinski definition) is 1. The Morgan fingerprint density at radius 3 is 2.19 bits per heavy atom. The molecule has 0 heterocycles. The Morgan fingerprint density at radius 1 is 1.04 bits per heavy atom. The van der Waals surface area contributed by atoms with Gasteiger partial charge in [-0.3, -0.25) is 0 Å². The Morgan fingerprint density at radius 2 is 1.63 bits per heavy atom. The summed E-state index contributed by atoms with van der Waals surface area (Å²) in [7, 11) is 0. The first-order valence-corrected chi connectivity index (χ1v) is 9.68. The molecule has 1 atom stereocenters. The van der Waals surface area contributed by atoms with Crippen molar-refractivity contribution in [2.75, 3.05) is 5.75 Å². The average Bonchev–Trinajstić information content (AvgIpc) is 2.60. The molecule has 146 valence electrons. The van der Waals surface area contributed by atoms with Crippen molar-refractivity contribution < 1.29 is 18.3 Å². The second-order valence-corrected chi connectivity index (χ2v) is 8.53. The Balaban J connectivity index is 2.29. The van der Waals surface area contributed by atoms with Crippen LogP contribution in [0.5, 0.6) is 0 Å². The molecule has 0 saturated heterocycles. The molecule has 0 radical (unpaired) electrons. The summed E-state index contributed by atoms with van der Waals surface area (Å²) in [4.78, 5) is 0.701. The number of aliphatic hydroxyl groups is 1. The lowest BCUT2D eigenvalue weighted by Gasteiger charge is -2.38. The first-order valence-electron chi connectivity index (χ1n) is 8.69.